The van der Waals surface area contributed by atoms with Crippen LogP contribution in [-0.4, -0.2) is 36.1 Å². The highest BCUT2D eigenvalue weighted by Gasteiger charge is 2.43. The SMILES string of the molecule is CC1CN(C)C(C)c2c1oc1ccc(N3C(N)=NC(N)=NC34CCCCC4)cc21. The Hall–Kier alpha value is -2.54. The highest BCUT2D eigenvalue weighted by Crippen LogP contribution is 2.44. The van der Waals surface area contributed by atoms with Crippen molar-refractivity contribution in [1.29, 1.82) is 0 Å². The molecule has 1 aromatic carbocycles. The van der Waals surface area contributed by atoms with E-state index >= 15 is 0 Å². The maximum absolute atomic E-state index is 6.42. The molecule has 0 bridgehead atoms. The lowest BCUT2D eigenvalue weighted by Crippen LogP contribution is -2.58. The molecule has 4 N–H and O–H groups in total. The van der Waals surface area contributed by atoms with Gasteiger partial charge in [0.2, 0.25) is 11.9 Å². The molecule has 7 nitrogen and oxygen atoms in total. The summed E-state index contributed by atoms with van der Waals surface area (Å²) >= 11 is 0. The third kappa shape index (κ3) is 2.74. The van der Waals surface area contributed by atoms with Crippen molar-refractivity contribution in [2.45, 2.75) is 63.6 Å². The van der Waals surface area contributed by atoms with E-state index in [0.717, 1.165) is 54.6 Å². The van der Waals surface area contributed by atoms with Crippen molar-refractivity contribution in [2.75, 3.05) is 18.5 Å². The zero-order valence-electron chi connectivity index (χ0n) is 17.5. The van der Waals surface area contributed by atoms with E-state index in [9.17, 15) is 0 Å². The molecular formula is C22H30N6O. The van der Waals surface area contributed by atoms with Gasteiger partial charge in [-0.25, -0.2) is 4.99 Å². The van der Waals surface area contributed by atoms with Gasteiger partial charge in [-0.2, -0.15) is 4.99 Å². The molecule has 2 unspecified atom stereocenters. The van der Waals surface area contributed by atoms with Gasteiger partial charge in [-0.1, -0.05) is 13.3 Å². The average Bonchev–Trinajstić information content (AvgIpc) is 3.06. The minimum atomic E-state index is -0.429. The smallest absolute Gasteiger partial charge is 0.220 e. The van der Waals surface area contributed by atoms with Gasteiger partial charge in [-0.3, -0.25) is 9.80 Å². The molecule has 2 atom stereocenters. The van der Waals surface area contributed by atoms with Crippen LogP contribution in [0.1, 0.15) is 69.2 Å². The Morgan fingerprint density at radius 2 is 1.90 bits per heavy atom. The molecule has 1 saturated carbocycles. The van der Waals surface area contributed by atoms with Gasteiger partial charge in [-0.15, -0.1) is 0 Å². The van der Waals surface area contributed by atoms with E-state index < -0.39 is 5.66 Å². The van der Waals surface area contributed by atoms with Gasteiger partial charge in [0.15, 0.2) is 0 Å². The van der Waals surface area contributed by atoms with E-state index in [1.807, 2.05) is 0 Å². The fraction of sp³-hybridized carbons (Fsp3) is 0.545. The van der Waals surface area contributed by atoms with Crippen LogP contribution in [0.3, 0.4) is 0 Å². The minimum absolute atomic E-state index is 0.284. The van der Waals surface area contributed by atoms with Gasteiger partial charge in [-0.05, 0) is 57.9 Å². The van der Waals surface area contributed by atoms with Crippen LogP contribution in [0.4, 0.5) is 5.69 Å². The van der Waals surface area contributed by atoms with Crippen molar-refractivity contribution in [3.8, 4) is 0 Å². The molecule has 2 aromatic rings. The highest BCUT2D eigenvalue weighted by molar-refractivity contribution is 6.06. The van der Waals surface area contributed by atoms with Crippen LogP contribution in [0.5, 0.6) is 0 Å². The van der Waals surface area contributed by atoms with Gasteiger partial charge < -0.3 is 15.9 Å². The first-order valence-corrected chi connectivity index (χ1v) is 10.7. The normalized spacial score (nSPS) is 27.1. The van der Waals surface area contributed by atoms with Crippen LogP contribution in [0.2, 0.25) is 0 Å². The summed E-state index contributed by atoms with van der Waals surface area (Å²) in [4.78, 5) is 13.6. The van der Waals surface area contributed by atoms with Crippen LogP contribution in [0, 0.1) is 0 Å². The number of fused-ring (bicyclic) bond motifs is 3. The quantitative estimate of drug-likeness (QED) is 0.769. The average molecular weight is 395 g/mol. The van der Waals surface area contributed by atoms with Crippen LogP contribution in [0.15, 0.2) is 32.6 Å². The van der Waals surface area contributed by atoms with Gasteiger partial charge >= 0.3 is 0 Å². The van der Waals surface area contributed by atoms with E-state index in [2.05, 4.69) is 53.9 Å². The molecular weight excluding hydrogens is 364 g/mol. The van der Waals surface area contributed by atoms with Gasteiger partial charge in [0.1, 0.15) is 17.0 Å². The Morgan fingerprint density at radius 1 is 1.14 bits per heavy atom. The maximum Gasteiger partial charge on any atom is 0.220 e. The number of anilines is 1. The van der Waals surface area contributed by atoms with Crippen LogP contribution < -0.4 is 16.4 Å². The van der Waals surface area contributed by atoms with Crippen LogP contribution in [0.25, 0.3) is 11.0 Å². The summed E-state index contributed by atoms with van der Waals surface area (Å²) in [6, 6.07) is 6.65. The van der Waals surface area contributed by atoms with Crippen molar-refractivity contribution in [3.63, 3.8) is 0 Å². The number of likely N-dealkylation sites (N-methyl/N-ethyl adjacent to an activating group) is 1. The predicted octanol–water partition coefficient (Wildman–Crippen LogP) is 3.65. The third-order valence-corrected chi connectivity index (χ3v) is 6.94. The van der Waals surface area contributed by atoms with E-state index in [4.69, 9.17) is 20.9 Å². The molecule has 2 aliphatic heterocycles. The molecule has 1 fully saturated rings. The monoisotopic (exact) mass is 394 g/mol. The maximum atomic E-state index is 6.42. The lowest BCUT2D eigenvalue weighted by atomic mass is 9.87. The number of rotatable bonds is 1. The molecule has 7 heteroatoms. The highest BCUT2D eigenvalue weighted by atomic mass is 16.3. The summed E-state index contributed by atoms with van der Waals surface area (Å²) in [5.74, 6) is 2.19. The second kappa shape index (κ2) is 6.49. The zero-order valence-corrected chi connectivity index (χ0v) is 17.5. The molecule has 1 spiro atoms. The number of nitrogens with two attached hydrogens (primary N) is 2. The van der Waals surface area contributed by atoms with Crippen molar-refractivity contribution in [1.82, 2.24) is 4.90 Å². The number of hydrogen-bond acceptors (Lipinski definition) is 7. The summed E-state index contributed by atoms with van der Waals surface area (Å²) in [5.41, 5.74) is 15.2. The first kappa shape index (κ1) is 18.5. The molecule has 154 valence electrons. The Kier molecular flexibility index (Phi) is 4.13. The summed E-state index contributed by atoms with van der Waals surface area (Å²) in [6.45, 7) is 5.48. The van der Waals surface area contributed by atoms with E-state index in [1.54, 1.807) is 0 Å². The molecule has 3 heterocycles. The van der Waals surface area contributed by atoms with Gasteiger partial charge in [0, 0.05) is 35.1 Å². The van der Waals surface area contributed by atoms with Crippen LogP contribution in [-0.2, 0) is 0 Å². The fourth-order valence-electron chi connectivity index (χ4n) is 5.45. The molecule has 3 aliphatic rings. The molecule has 0 amide bonds. The zero-order chi connectivity index (χ0) is 20.3. The molecule has 1 aromatic heterocycles. The standard InChI is InChI=1S/C22H30N6O/c1-13-12-27(3)14(2)18-16-11-15(7-8-17(16)29-19(13)18)28-21(24)25-20(23)26-22(28)9-5-4-6-10-22/h7-8,11,13-14H,4-6,9-10,12H2,1-3H3,(H4,23,24,25,26). The van der Waals surface area contributed by atoms with Crippen molar-refractivity contribution in [3.05, 3.63) is 29.5 Å². The molecule has 5 rings (SSSR count). The first-order valence-electron chi connectivity index (χ1n) is 10.7. The summed E-state index contributed by atoms with van der Waals surface area (Å²) in [7, 11) is 2.18. The lowest BCUT2D eigenvalue weighted by molar-refractivity contribution is 0.215. The summed E-state index contributed by atoms with van der Waals surface area (Å²) in [6.07, 6.45) is 5.31. The fourth-order valence-corrected chi connectivity index (χ4v) is 5.45. The third-order valence-electron chi connectivity index (χ3n) is 6.94. The van der Waals surface area contributed by atoms with Crippen molar-refractivity contribution in [2.24, 2.45) is 21.5 Å². The van der Waals surface area contributed by atoms with Gasteiger partial charge in [0.05, 0.1) is 0 Å². The van der Waals surface area contributed by atoms with E-state index in [1.165, 1.54) is 12.0 Å². The Balaban J connectivity index is 1.66. The second-order valence-corrected chi connectivity index (χ2v) is 8.90. The number of hydrogen-bond donors (Lipinski definition) is 2. The van der Waals surface area contributed by atoms with E-state index in [0.29, 0.717) is 17.9 Å². The van der Waals surface area contributed by atoms with Crippen LogP contribution >= 0.6 is 0 Å². The van der Waals surface area contributed by atoms with E-state index in [-0.39, 0.29) is 5.96 Å². The number of furan rings is 1. The Labute approximate surface area is 171 Å². The number of nitrogens with zero attached hydrogens (tertiary/aromatic N) is 4. The topological polar surface area (TPSA) is 96.4 Å². The largest absolute Gasteiger partial charge is 0.460 e. The summed E-state index contributed by atoms with van der Waals surface area (Å²) in [5, 5.41) is 1.16. The minimum Gasteiger partial charge on any atom is -0.460 e. The molecule has 29 heavy (non-hydrogen) atoms. The molecule has 0 radical (unpaired) electrons. The van der Waals surface area contributed by atoms with Gasteiger partial charge in [0.25, 0.3) is 0 Å². The Morgan fingerprint density at radius 3 is 2.66 bits per heavy atom. The first-order chi connectivity index (χ1) is 13.9. The number of guanidine groups is 2. The number of benzene rings is 1. The van der Waals surface area contributed by atoms with Crippen molar-refractivity contribution >= 4 is 28.6 Å². The van der Waals surface area contributed by atoms with Crippen molar-refractivity contribution < 1.29 is 4.42 Å². The predicted molar refractivity (Wildman–Crippen MR) is 117 cm³/mol. The second-order valence-electron chi connectivity index (χ2n) is 8.90. The Bertz CT molecular complexity index is 1020. The number of aliphatic imine (C=N–C) groups is 2. The summed E-state index contributed by atoms with van der Waals surface area (Å²) < 4.78 is 6.29. The molecule has 0 saturated heterocycles. The lowest BCUT2D eigenvalue weighted by Gasteiger charge is -2.45. The molecule has 1 aliphatic carbocycles.